The predicted molar refractivity (Wildman–Crippen MR) is 86.5 cm³/mol. The molecule has 5 heteroatoms. The van der Waals surface area contributed by atoms with Crippen LogP contribution in [0.15, 0.2) is 36.4 Å². The molecule has 2 aliphatic heterocycles. The zero-order chi connectivity index (χ0) is 15.6. The molecule has 0 aliphatic carbocycles. The number of carbonyl (C=O) groups is 1. The average molecular weight is 310 g/mol. The van der Waals surface area contributed by atoms with E-state index in [1.807, 2.05) is 24.3 Å². The number of aromatic nitrogens is 1. The van der Waals surface area contributed by atoms with Crippen LogP contribution in [0.5, 0.6) is 5.75 Å². The second kappa shape index (κ2) is 6.01. The van der Waals surface area contributed by atoms with Crippen molar-refractivity contribution in [2.24, 2.45) is 0 Å². The van der Waals surface area contributed by atoms with Crippen molar-refractivity contribution in [3.8, 4) is 17.0 Å². The Morgan fingerprint density at radius 3 is 3.04 bits per heavy atom. The molecule has 0 unspecified atom stereocenters. The van der Waals surface area contributed by atoms with Gasteiger partial charge in [0.05, 0.1) is 12.3 Å². The lowest BCUT2D eigenvalue weighted by Crippen LogP contribution is -2.27. The zero-order valence-electron chi connectivity index (χ0n) is 12.7. The molecule has 2 aliphatic rings. The molecule has 1 aromatic heterocycles. The fraction of sp³-hybridized carbons (Fsp3) is 0.333. The number of hydrogen-bond donors (Lipinski definition) is 1. The van der Waals surface area contributed by atoms with Gasteiger partial charge in [-0.25, -0.2) is 4.98 Å². The summed E-state index contributed by atoms with van der Waals surface area (Å²) in [6.45, 7) is 1.40. The van der Waals surface area contributed by atoms with E-state index in [4.69, 9.17) is 9.47 Å². The monoisotopic (exact) mass is 310 g/mol. The number of hydrogen-bond acceptors (Lipinski definition) is 4. The number of fused-ring (bicyclic) bond motifs is 1. The Morgan fingerprint density at radius 1 is 1.22 bits per heavy atom. The number of carbonyl (C=O) groups excluding carboxylic acids is 1. The molecule has 1 N–H and O–H groups in total. The van der Waals surface area contributed by atoms with Crippen LogP contribution in [0, 0.1) is 0 Å². The lowest BCUT2D eigenvalue weighted by molar-refractivity contribution is -0.124. The number of rotatable bonds is 3. The summed E-state index contributed by atoms with van der Waals surface area (Å²) < 4.78 is 10.9. The highest BCUT2D eigenvalue weighted by Gasteiger charge is 2.23. The molecule has 2 aromatic rings. The van der Waals surface area contributed by atoms with Crippen molar-refractivity contribution in [3.63, 3.8) is 0 Å². The van der Waals surface area contributed by atoms with Crippen LogP contribution in [-0.4, -0.2) is 30.2 Å². The number of pyridine rings is 1. The van der Waals surface area contributed by atoms with E-state index in [1.54, 1.807) is 6.07 Å². The third-order valence-corrected chi connectivity index (χ3v) is 4.21. The van der Waals surface area contributed by atoms with Gasteiger partial charge < -0.3 is 14.8 Å². The third-order valence-electron chi connectivity index (χ3n) is 4.21. The van der Waals surface area contributed by atoms with E-state index in [1.165, 1.54) is 5.56 Å². The lowest BCUT2D eigenvalue weighted by atomic mass is 10.1. The van der Waals surface area contributed by atoms with Crippen molar-refractivity contribution < 1.29 is 14.3 Å². The second-order valence-corrected chi connectivity index (χ2v) is 5.82. The largest absolute Gasteiger partial charge is 0.493 e. The number of amides is 1. The highest BCUT2D eigenvalue weighted by Crippen LogP contribution is 2.30. The Kier molecular flexibility index (Phi) is 3.71. The molecular formula is C18H18N2O3. The molecule has 118 valence electrons. The first-order chi connectivity index (χ1) is 11.3. The van der Waals surface area contributed by atoms with Crippen LogP contribution >= 0.6 is 0 Å². The first-order valence-corrected chi connectivity index (χ1v) is 7.95. The molecule has 0 bridgehead atoms. The predicted octanol–water partition coefficient (Wildman–Crippen LogP) is 2.80. The van der Waals surface area contributed by atoms with Gasteiger partial charge in [-0.2, -0.15) is 0 Å². The van der Waals surface area contributed by atoms with Crippen molar-refractivity contribution in [1.82, 2.24) is 4.98 Å². The molecule has 4 rings (SSSR count). The maximum Gasteiger partial charge on any atom is 0.254 e. The fourth-order valence-electron chi connectivity index (χ4n) is 3.00. The maximum atomic E-state index is 12.1. The highest BCUT2D eigenvalue weighted by atomic mass is 16.5. The van der Waals surface area contributed by atoms with Gasteiger partial charge in [0.15, 0.2) is 0 Å². The molecule has 5 nitrogen and oxygen atoms in total. The highest BCUT2D eigenvalue weighted by molar-refractivity contribution is 5.93. The molecule has 1 amide bonds. The summed E-state index contributed by atoms with van der Waals surface area (Å²) >= 11 is 0. The van der Waals surface area contributed by atoms with Gasteiger partial charge in [0.1, 0.15) is 17.7 Å². The van der Waals surface area contributed by atoms with Crippen molar-refractivity contribution in [1.29, 1.82) is 0 Å². The average Bonchev–Trinajstić information content (AvgIpc) is 3.26. The minimum atomic E-state index is -0.349. The van der Waals surface area contributed by atoms with Crippen LogP contribution in [0.4, 0.5) is 5.82 Å². The van der Waals surface area contributed by atoms with Crippen molar-refractivity contribution in [3.05, 3.63) is 42.0 Å². The van der Waals surface area contributed by atoms with E-state index in [0.717, 1.165) is 42.9 Å². The molecule has 0 spiro atoms. The summed E-state index contributed by atoms with van der Waals surface area (Å²) in [6, 6.07) is 11.7. The quantitative estimate of drug-likeness (QED) is 0.947. The third kappa shape index (κ3) is 2.92. The number of nitrogens with one attached hydrogen (secondary N) is 1. The van der Waals surface area contributed by atoms with Crippen LogP contribution in [0.2, 0.25) is 0 Å². The maximum absolute atomic E-state index is 12.1. The number of anilines is 1. The molecule has 1 saturated heterocycles. The van der Waals surface area contributed by atoms with E-state index in [-0.39, 0.29) is 12.0 Å². The Morgan fingerprint density at radius 2 is 2.17 bits per heavy atom. The Labute approximate surface area is 134 Å². The molecule has 3 heterocycles. The van der Waals surface area contributed by atoms with Crippen LogP contribution in [0.1, 0.15) is 18.4 Å². The van der Waals surface area contributed by atoms with Crippen LogP contribution in [0.25, 0.3) is 11.3 Å². The van der Waals surface area contributed by atoms with E-state index >= 15 is 0 Å². The number of benzene rings is 1. The summed E-state index contributed by atoms with van der Waals surface area (Å²) in [6.07, 6.45) is 2.29. The van der Waals surface area contributed by atoms with Crippen LogP contribution in [0.3, 0.4) is 0 Å². The Bertz CT molecular complexity index is 739. The number of nitrogens with zero attached hydrogens (tertiary/aromatic N) is 1. The molecule has 1 fully saturated rings. The Hall–Kier alpha value is -2.40. The Balaban J connectivity index is 1.55. The minimum Gasteiger partial charge on any atom is -0.493 e. The van der Waals surface area contributed by atoms with Gasteiger partial charge in [0, 0.05) is 18.6 Å². The lowest BCUT2D eigenvalue weighted by Gasteiger charge is -2.11. The van der Waals surface area contributed by atoms with Gasteiger partial charge >= 0.3 is 0 Å². The van der Waals surface area contributed by atoms with Gasteiger partial charge in [-0.15, -0.1) is 0 Å². The summed E-state index contributed by atoms with van der Waals surface area (Å²) in [5.41, 5.74) is 3.07. The van der Waals surface area contributed by atoms with Gasteiger partial charge in [0.25, 0.3) is 5.91 Å². The van der Waals surface area contributed by atoms with Gasteiger partial charge in [-0.1, -0.05) is 6.07 Å². The van der Waals surface area contributed by atoms with E-state index in [2.05, 4.69) is 16.4 Å². The van der Waals surface area contributed by atoms with Gasteiger partial charge in [0.2, 0.25) is 0 Å². The molecular weight excluding hydrogens is 292 g/mol. The van der Waals surface area contributed by atoms with Gasteiger partial charge in [-0.05, 0) is 48.7 Å². The van der Waals surface area contributed by atoms with E-state index < -0.39 is 0 Å². The van der Waals surface area contributed by atoms with Crippen molar-refractivity contribution >= 4 is 11.7 Å². The first kappa shape index (κ1) is 14.2. The van der Waals surface area contributed by atoms with Gasteiger partial charge in [-0.3, -0.25) is 4.79 Å². The molecule has 1 aromatic carbocycles. The fourth-order valence-corrected chi connectivity index (χ4v) is 3.00. The van der Waals surface area contributed by atoms with Crippen LogP contribution < -0.4 is 10.1 Å². The first-order valence-electron chi connectivity index (χ1n) is 7.95. The van der Waals surface area contributed by atoms with Crippen molar-refractivity contribution in [2.75, 3.05) is 18.5 Å². The number of ether oxygens (including phenoxy) is 2. The normalized spacial score (nSPS) is 19.2. The summed E-state index contributed by atoms with van der Waals surface area (Å²) in [4.78, 5) is 16.7. The summed E-state index contributed by atoms with van der Waals surface area (Å²) in [5.74, 6) is 1.39. The molecule has 23 heavy (non-hydrogen) atoms. The minimum absolute atomic E-state index is 0.116. The van der Waals surface area contributed by atoms with Crippen molar-refractivity contribution in [2.45, 2.75) is 25.4 Å². The summed E-state index contributed by atoms with van der Waals surface area (Å²) in [7, 11) is 0. The second-order valence-electron chi connectivity index (χ2n) is 5.82. The van der Waals surface area contributed by atoms with Crippen LogP contribution in [-0.2, 0) is 16.0 Å². The SMILES string of the molecule is O=C(Nc1cccc(-c2ccc3c(c2)CCO3)n1)[C@H]1CCCO1. The molecule has 1 atom stereocenters. The molecule has 0 saturated carbocycles. The zero-order valence-corrected chi connectivity index (χ0v) is 12.7. The topological polar surface area (TPSA) is 60.5 Å². The van der Waals surface area contributed by atoms with E-state index in [0.29, 0.717) is 12.4 Å². The standard InChI is InChI=1S/C18H18N2O3/c21-18(16-4-2-9-22-16)20-17-5-1-3-14(19-17)12-6-7-15-13(11-12)8-10-23-15/h1,3,5-7,11,16H,2,4,8-10H2,(H,19,20,21)/t16-/m1/s1. The summed E-state index contributed by atoms with van der Waals surface area (Å²) in [5, 5.41) is 2.85. The van der Waals surface area contributed by atoms with E-state index in [9.17, 15) is 4.79 Å². The smallest absolute Gasteiger partial charge is 0.254 e. The molecule has 0 radical (unpaired) electrons.